The zero-order chi connectivity index (χ0) is 17.5. The van der Waals surface area contributed by atoms with Gasteiger partial charge in [-0.05, 0) is 43.7 Å². The molecule has 0 saturated heterocycles. The lowest BCUT2D eigenvalue weighted by molar-refractivity contribution is -0.274. The van der Waals surface area contributed by atoms with Crippen LogP contribution in [-0.4, -0.2) is 13.5 Å². The van der Waals surface area contributed by atoms with Crippen molar-refractivity contribution in [1.82, 2.24) is 0 Å². The molecule has 0 aliphatic rings. The number of alkyl halides is 3. The van der Waals surface area contributed by atoms with Gasteiger partial charge in [-0.2, -0.15) is 5.26 Å². The molecule has 0 amide bonds. The summed E-state index contributed by atoms with van der Waals surface area (Å²) >= 11 is 0. The Labute approximate surface area is 132 Å². The van der Waals surface area contributed by atoms with Crippen LogP contribution >= 0.6 is 0 Å². The van der Waals surface area contributed by atoms with Crippen LogP contribution in [0.25, 0.3) is 0 Å². The van der Waals surface area contributed by atoms with E-state index in [1.807, 2.05) is 25.1 Å². The van der Waals surface area contributed by atoms with Gasteiger partial charge in [0.15, 0.2) is 0 Å². The van der Waals surface area contributed by atoms with E-state index in [0.29, 0.717) is 11.3 Å². The molecule has 23 heavy (non-hydrogen) atoms. The SMILES string of the molecule is COc1cc(C)ccc1C#N.Cc1ccc(OC(F)(F)F)cc1. The first-order chi connectivity index (χ1) is 10.7. The molecule has 2 rings (SSSR count). The van der Waals surface area contributed by atoms with Gasteiger partial charge >= 0.3 is 6.36 Å². The second-order valence-corrected chi connectivity index (χ2v) is 4.68. The number of aryl methyl sites for hydroxylation is 2. The lowest BCUT2D eigenvalue weighted by Crippen LogP contribution is -2.16. The van der Waals surface area contributed by atoms with Crippen LogP contribution in [0, 0.1) is 25.2 Å². The average Bonchev–Trinajstić information content (AvgIpc) is 2.49. The molecule has 0 aliphatic carbocycles. The first kappa shape index (κ1) is 18.4. The summed E-state index contributed by atoms with van der Waals surface area (Å²) in [6.45, 7) is 3.75. The molecule has 3 nitrogen and oxygen atoms in total. The zero-order valence-corrected chi connectivity index (χ0v) is 12.9. The summed E-state index contributed by atoms with van der Waals surface area (Å²) in [5.41, 5.74) is 2.57. The minimum Gasteiger partial charge on any atom is -0.495 e. The topological polar surface area (TPSA) is 42.2 Å². The summed E-state index contributed by atoms with van der Waals surface area (Å²) in [4.78, 5) is 0. The van der Waals surface area contributed by atoms with E-state index in [9.17, 15) is 13.2 Å². The molecular formula is C17H16F3NO2. The highest BCUT2D eigenvalue weighted by Crippen LogP contribution is 2.22. The Balaban J connectivity index is 0.000000231. The van der Waals surface area contributed by atoms with E-state index >= 15 is 0 Å². The first-order valence-corrected chi connectivity index (χ1v) is 6.62. The standard InChI is InChI=1S/C9H9NO.C8H7F3O/c1-7-3-4-8(6-10)9(5-7)11-2;1-6-2-4-7(5-3-6)12-8(9,10)11/h3-5H,1-2H3;2-5H,1H3. The van der Waals surface area contributed by atoms with E-state index in [0.717, 1.165) is 11.1 Å². The highest BCUT2D eigenvalue weighted by molar-refractivity contribution is 5.44. The van der Waals surface area contributed by atoms with Gasteiger partial charge in [-0.1, -0.05) is 23.8 Å². The smallest absolute Gasteiger partial charge is 0.495 e. The van der Waals surface area contributed by atoms with Gasteiger partial charge in [0.25, 0.3) is 0 Å². The molecule has 2 aromatic rings. The third-order valence-electron chi connectivity index (χ3n) is 2.73. The van der Waals surface area contributed by atoms with Crippen LogP contribution in [0.1, 0.15) is 16.7 Å². The number of benzene rings is 2. The Morgan fingerprint density at radius 3 is 2.00 bits per heavy atom. The van der Waals surface area contributed by atoms with Crippen LogP contribution in [0.3, 0.4) is 0 Å². The van der Waals surface area contributed by atoms with Crippen molar-refractivity contribution in [3.8, 4) is 17.6 Å². The summed E-state index contributed by atoms with van der Waals surface area (Å²) in [5.74, 6) is 0.459. The summed E-state index contributed by atoms with van der Waals surface area (Å²) in [5, 5.41) is 8.61. The fourth-order valence-electron chi connectivity index (χ4n) is 1.63. The van der Waals surface area contributed by atoms with E-state index < -0.39 is 6.36 Å². The van der Waals surface area contributed by atoms with Crippen molar-refractivity contribution < 1.29 is 22.6 Å². The predicted octanol–water partition coefficient (Wildman–Crippen LogP) is 4.77. The Morgan fingerprint density at radius 1 is 0.957 bits per heavy atom. The normalized spacial score (nSPS) is 10.1. The number of hydrogen-bond acceptors (Lipinski definition) is 3. The molecule has 0 spiro atoms. The second-order valence-electron chi connectivity index (χ2n) is 4.68. The van der Waals surface area contributed by atoms with Crippen LogP contribution in [0.2, 0.25) is 0 Å². The Kier molecular flexibility index (Phi) is 6.46. The van der Waals surface area contributed by atoms with Crippen LogP contribution in [0.4, 0.5) is 13.2 Å². The maximum atomic E-state index is 11.6. The summed E-state index contributed by atoms with van der Waals surface area (Å²) in [6.07, 6.45) is -4.60. The van der Waals surface area contributed by atoms with Crippen LogP contribution < -0.4 is 9.47 Å². The number of hydrogen-bond donors (Lipinski definition) is 0. The lowest BCUT2D eigenvalue weighted by atomic mass is 10.1. The molecule has 0 radical (unpaired) electrons. The third kappa shape index (κ3) is 6.74. The van der Waals surface area contributed by atoms with E-state index in [1.165, 1.54) is 12.1 Å². The van der Waals surface area contributed by atoms with Crippen LogP contribution in [0.5, 0.6) is 11.5 Å². The van der Waals surface area contributed by atoms with E-state index in [-0.39, 0.29) is 5.75 Å². The van der Waals surface area contributed by atoms with Crippen molar-refractivity contribution in [2.45, 2.75) is 20.2 Å². The lowest BCUT2D eigenvalue weighted by Gasteiger charge is -2.08. The molecular weight excluding hydrogens is 307 g/mol. The van der Waals surface area contributed by atoms with Crippen molar-refractivity contribution in [3.63, 3.8) is 0 Å². The predicted molar refractivity (Wildman–Crippen MR) is 80.3 cm³/mol. The van der Waals surface area contributed by atoms with Gasteiger partial charge in [0, 0.05) is 0 Å². The van der Waals surface area contributed by atoms with Crippen molar-refractivity contribution in [2.24, 2.45) is 0 Å². The monoisotopic (exact) mass is 323 g/mol. The molecule has 0 bridgehead atoms. The molecule has 0 N–H and O–H groups in total. The highest BCUT2D eigenvalue weighted by Gasteiger charge is 2.30. The molecule has 0 fully saturated rings. The van der Waals surface area contributed by atoms with Crippen molar-refractivity contribution in [3.05, 3.63) is 59.2 Å². The third-order valence-corrected chi connectivity index (χ3v) is 2.73. The van der Waals surface area contributed by atoms with Crippen LogP contribution in [-0.2, 0) is 0 Å². The van der Waals surface area contributed by atoms with Gasteiger partial charge in [-0.3, -0.25) is 0 Å². The molecule has 0 atom stereocenters. The van der Waals surface area contributed by atoms with E-state index in [1.54, 1.807) is 32.2 Å². The molecule has 0 saturated carbocycles. The van der Waals surface area contributed by atoms with Crippen molar-refractivity contribution in [1.29, 1.82) is 5.26 Å². The Hall–Kier alpha value is -2.68. The number of halogens is 3. The molecule has 0 aliphatic heterocycles. The van der Waals surface area contributed by atoms with Gasteiger partial charge < -0.3 is 9.47 Å². The van der Waals surface area contributed by atoms with E-state index in [2.05, 4.69) is 4.74 Å². The number of nitrogens with zero attached hydrogens (tertiary/aromatic N) is 1. The highest BCUT2D eigenvalue weighted by atomic mass is 19.4. The van der Waals surface area contributed by atoms with E-state index in [4.69, 9.17) is 10.00 Å². The maximum Gasteiger partial charge on any atom is 0.573 e. The minimum atomic E-state index is -4.60. The van der Waals surface area contributed by atoms with Gasteiger partial charge in [-0.15, -0.1) is 13.2 Å². The fraction of sp³-hybridized carbons (Fsp3) is 0.235. The zero-order valence-electron chi connectivity index (χ0n) is 12.9. The molecule has 122 valence electrons. The molecule has 0 heterocycles. The number of methoxy groups -OCH3 is 1. The molecule has 0 aromatic heterocycles. The number of ether oxygens (including phenoxy) is 2. The Morgan fingerprint density at radius 2 is 1.52 bits per heavy atom. The number of rotatable bonds is 2. The fourth-order valence-corrected chi connectivity index (χ4v) is 1.63. The Bertz CT molecular complexity index is 674. The minimum absolute atomic E-state index is 0.187. The van der Waals surface area contributed by atoms with Crippen molar-refractivity contribution >= 4 is 0 Å². The van der Waals surface area contributed by atoms with Gasteiger partial charge in [0.1, 0.15) is 17.6 Å². The molecule has 0 unspecified atom stereocenters. The van der Waals surface area contributed by atoms with Crippen LogP contribution in [0.15, 0.2) is 42.5 Å². The summed E-state index contributed by atoms with van der Waals surface area (Å²) in [6, 6.07) is 13.2. The summed E-state index contributed by atoms with van der Waals surface area (Å²) in [7, 11) is 1.57. The molecule has 6 heteroatoms. The quantitative estimate of drug-likeness (QED) is 0.799. The van der Waals surface area contributed by atoms with Gasteiger partial charge in [0.2, 0.25) is 0 Å². The maximum absolute atomic E-state index is 11.6. The van der Waals surface area contributed by atoms with Gasteiger partial charge in [-0.25, -0.2) is 0 Å². The molecule has 2 aromatic carbocycles. The van der Waals surface area contributed by atoms with Gasteiger partial charge in [0.05, 0.1) is 12.7 Å². The average molecular weight is 323 g/mol. The van der Waals surface area contributed by atoms with Crippen molar-refractivity contribution in [2.75, 3.05) is 7.11 Å². The number of nitriles is 1. The second kappa shape index (κ2) is 8.08. The summed E-state index contributed by atoms with van der Waals surface area (Å²) < 4.78 is 43.5. The first-order valence-electron chi connectivity index (χ1n) is 6.62. The largest absolute Gasteiger partial charge is 0.573 e.